The van der Waals surface area contributed by atoms with Gasteiger partial charge in [-0.05, 0) is 31.0 Å². The second kappa shape index (κ2) is 7.46. The summed E-state index contributed by atoms with van der Waals surface area (Å²) in [4.78, 5) is 11.3. The SMILES string of the molecule is C[C@@H](O)CNC(=O)NCCc1ccc(Cl)cc1Cl. The fourth-order valence-electron chi connectivity index (χ4n) is 1.34. The van der Waals surface area contributed by atoms with Crippen molar-refractivity contribution in [1.29, 1.82) is 0 Å². The molecule has 0 saturated carbocycles. The van der Waals surface area contributed by atoms with Crippen LogP contribution in [0.3, 0.4) is 0 Å². The number of aliphatic hydroxyl groups is 1. The van der Waals surface area contributed by atoms with Crippen LogP contribution < -0.4 is 10.6 Å². The Bertz CT molecular complexity index is 411. The quantitative estimate of drug-likeness (QED) is 0.779. The molecule has 0 spiro atoms. The topological polar surface area (TPSA) is 61.4 Å². The highest BCUT2D eigenvalue weighted by atomic mass is 35.5. The number of aliphatic hydroxyl groups excluding tert-OH is 1. The molecule has 18 heavy (non-hydrogen) atoms. The first-order valence-corrected chi connectivity index (χ1v) is 6.38. The lowest BCUT2D eigenvalue weighted by Gasteiger charge is -2.09. The zero-order valence-electron chi connectivity index (χ0n) is 10.0. The summed E-state index contributed by atoms with van der Waals surface area (Å²) in [6, 6.07) is 4.96. The van der Waals surface area contributed by atoms with Gasteiger partial charge in [0.1, 0.15) is 0 Å². The molecule has 6 heteroatoms. The summed E-state index contributed by atoms with van der Waals surface area (Å²) in [6.07, 6.45) is 0.0689. The Labute approximate surface area is 116 Å². The first kappa shape index (κ1) is 15.1. The zero-order valence-corrected chi connectivity index (χ0v) is 11.6. The Balaban J connectivity index is 2.31. The van der Waals surface area contributed by atoms with Gasteiger partial charge in [0.25, 0.3) is 0 Å². The normalized spacial score (nSPS) is 12.0. The van der Waals surface area contributed by atoms with Gasteiger partial charge in [-0.25, -0.2) is 4.79 Å². The van der Waals surface area contributed by atoms with Crippen molar-refractivity contribution in [2.45, 2.75) is 19.4 Å². The Morgan fingerprint density at radius 3 is 2.72 bits per heavy atom. The van der Waals surface area contributed by atoms with Crippen molar-refractivity contribution in [3.05, 3.63) is 33.8 Å². The third-order valence-corrected chi connectivity index (χ3v) is 2.84. The van der Waals surface area contributed by atoms with Gasteiger partial charge < -0.3 is 15.7 Å². The molecule has 0 aromatic heterocycles. The Kier molecular flexibility index (Phi) is 6.25. The van der Waals surface area contributed by atoms with Gasteiger partial charge in [-0.2, -0.15) is 0 Å². The van der Waals surface area contributed by atoms with Crippen molar-refractivity contribution in [3.63, 3.8) is 0 Å². The van der Waals surface area contributed by atoms with E-state index in [2.05, 4.69) is 10.6 Å². The maximum absolute atomic E-state index is 11.3. The van der Waals surface area contributed by atoms with E-state index in [9.17, 15) is 4.79 Å². The summed E-state index contributed by atoms with van der Waals surface area (Å²) < 4.78 is 0. The molecular weight excluding hydrogens is 275 g/mol. The number of urea groups is 1. The number of hydrogen-bond donors (Lipinski definition) is 3. The minimum absolute atomic E-state index is 0.230. The van der Waals surface area contributed by atoms with E-state index in [4.69, 9.17) is 28.3 Å². The standard InChI is InChI=1S/C12H16Cl2N2O2/c1-8(17)7-16-12(18)15-5-4-9-2-3-10(13)6-11(9)14/h2-3,6,8,17H,4-5,7H2,1H3,(H2,15,16,18)/t8-/m1/s1. The van der Waals surface area contributed by atoms with Crippen molar-refractivity contribution < 1.29 is 9.90 Å². The molecule has 4 nitrogen and oxygen atoms in total. The van der Waals surface area contributed by atoms with Crippen LogP contribution in [0.2, 0.25) is 10.0 Å². The third kappa shape index (κ3) is 5.58. The van der Waals surface area contributed by atoms with Crippen LogP contribution in [-0.2, 0) is 6.42 Å². The maximum Gasteiger partial charge on any atom is 0.314 e. The molecule has 0 unspecified atom stereocenters. The molecule has 2 amide bonds. The van der Waals surface area contributed by atoms with Gasteiger partial charge in [-0.15, -0.1) is 0 Å². The molecule has 0 fully saturated rings. The highest BCUT2D eigenvalue weighted by molar-refractivity contribution is 6.35. The van der Waals surface area contributed by atoms with Crippen molar-refractivity contribution in [3.8, 4) is 0 Å². The highest BCUT2D eigenvalue weighted by Gasteiger charge is 2.04. The van der Waals surface area contributed by atoms with E-state index < -0.39 is 6.10 Å². The van der Waals surface area contributed by atoms with Crippen LogP contribution in [0.25, 0.3) is 0 Å². The summed E-state index contributed by atoms with van der Waals surface area (Å²) in [5, 5.41) is 15.4. The van der Waals surface area contributed by atoms with Crippen molar-refractivity contribution >= 4 is 29.2 Å². The number of carbonyl (C=O) groups is 1. The van der Waals surface area contributed by atoms with Gasteiger partial charge in [0.15, 0.2) is 0 Å². The van der Waals surface area contributed by atoms with Gasteiger partial charge in [0.05, 0.1) is 6.10 Å². The molecule has 0 heterocycles. The monoisotopic (exact) mass is 290 g/mol. The summed E-state index contributed by atoms with van der Waals surface area (Å²) >= 11 is 11.8. The first-order chi connectivity index (χ1) is 8.49. The Morgan fingerprint density at radius 1 is 1.39 bits per heavy atom. The second-order valence-electron chi connectivity index (χ2n) is 3.97. The van der Waals surface area contributed by atoms with Gasteiger partial charge in [-0.1, -0.05) is 29.3 Å². The summed E-state index contributed by atoms with van der Waals surface area (Å²) in [5.74, 6) is 0. The molecule has 1 rings (SSSR count). The number of halogens is 2. The average Bonchev–Trinajstić information content (AvgIpc) is 2.29. The van der Waals surface area contributed by atoms with E-state index in [0.29, 0.717) is 23.0 Å². The second-order valence-corrected chi connectivity index (χ2v) is 4.82. The van der Waals surface area contributed by atoms with E-state index >= 15 is 0 Å². The number of nitrogens with one attached hydrogen (secondary N) is 2. The number of carbonyl (C=O) groups excluding carboxylic acids is 1. The predicted octanol–water partition coefficient (Wildman–Crippen LogP) is 2.22. The van der Waals surface area contributed by atoms with Crippen molar-refractivity contribution in [2.75, 3.05) is 13.1 Å². The fourth-order valence-corrected chi connectivity index (χ4v) is 1.84. The molecule has 0 aliphatic rings. The number of rotatable bonds is 5. The van der Waals surface area contributed by atoms with Crippen LogP contribution in [-0.4, -0.2) is 30.3 Å². The van der Waals surface area contributed by atoms with Gasteiger partial charge in [-0.3, -0.25) is 0 Å². The van der Waals surface area contributed by atoms with Gasteiger partial charge in [0, 0.05) is 23.1 Å². The molecule has 0 aliphatic carbocycles. The smallest absolute Gasteiger partial charge is 0.314 e. The van der Waals surface area contributed by atoms with Crippen molar-refractivity contribution in [1.82, 2.24) is 10.6 Å². The molecule has 1 aromatic carbocycles. The maximum atomic E-state index is 11.3. The van der Waals surface area contributed by atoms with Crippen LogP contribution in [0, 0.1) is 0 Å². The van der Waals surface area contributed by atoms with Crippen LogP contribution >= 0.6 is 23.2 Å². The summed E-state index contributed by atoms with van der Waals surface area (Å²) in [5.41, 5.74) is 0.928. The first-order valence-electron chi connectivity index (χ1n) is 5.62. The molecule has 0 bridgehead atoms. The highest BCUT2D eigenvalue weighted by Crippen LogP contribution is 2.20. The third-order valence-electron chi connectivity index (χ3n) is 2.25. The number of amides is 2. The molecule has 0 saturated heterocycles. The molecule has 0 radical (unpaired) electrons. The lowest BCUT2D eigenvalue weighted by atomic mass is 10.1. The van der Waals surface area contributed by atoms with Gasteiger partial charge in [0.2, 0.25) is 0 Å². The number of hydrogen-bond acceptors (Lipinski definition) is 2. The molecule has 100 valence electrons. The molecule has 0 aliphatic heterocycles. The lowest BCUT2D eigenvalue weighted by molar-refractivity contribution is 0.187. The van der Waals surface area contributed by atoms with Crippen LogP contribution in [0.4, 0.5) is 4.79 Å². The lowest BCUT2D eigenvalue weighted by Crippen LogP contribution is -2.39. The van der Waals surface area contributed by atoms with Crippen LogP contribution in [0.5, 0.6) is 0 Å². The summed E-state index contributed by atoms with van der Waals surface area (Å²) in [7, 11) is 0. The minimum Gasteiger partial charge on any atom is -0.392 e. The van der Waals surface area contributed by atoms with Crippen LogP contribution in [0.15, 0.2) is 18.2 Å². The average molecular weight is 291 g/mol. The van der Waals surface area contributed by atoms with E-state index in [-0.39, 0.29) is 12.6 Å². The molecule has 1 aromatic rings. The molecular formula is C12H16Cl2N2O2. The van der Waals surface area contributed by atoms with E-state index in [1.807, 2.05) is 6.07 Å². The minimum atomic E-state index is -0.554. The molecule has 3 N–H and O–H groups in total. The Morgan fingerprint density at radius 2 is 2.11 bits per heavy atom. The van der Waals surface area contributed by atoms with Crippen molar-refractivity contribution in [2.24, 2.45) is 0 Å². The largest absolute Gasteiger partial charge is 0.392 e. The molecule has 1 atom stereocenters. The van der Waals surface area contributed by atoms with E-state index in [1.165, 1.54) is 0 Å². The van der Waals surface area contributed by atoms with E-state index in [1.54, 1.807) is 19.1 Å². The Hall–Kier alpha value is -0.970. The van der Waals surface area contributed by atoms with Gasteiger partial charge >= 0.3 is 6.03 Å². The fraction of sp³-hybridized carbons (Fsp3) is 0.417. The summed E-state index contributed by atoms with van der Waals surface area (Å²) in [6.45, 7) is 2.30. The zero-order chi connectivity index (χ0) is 13.5. The number of benzene rings is 1. The van der Waals surface area contributed by atoms with Crippen LogP contribution in [0.1, 0.15) is 12.5 Å². The predicted molar refractivity (Wildman–Crippen MR) is 73.2 cm³/mol. The van der Waals surface area contributed by atoms with E-state index in [0.717, 1.165) is 5.56 Å².